The summed E-state index contributed by atoms with van der Waals surface area (Å²) >= 11 is 0. The lowest BCUT2D eigenvalue weighted by Crippen LogP contribution is -2.41. The molecule has 1 aliphatic rings. The van der Waals surface area contributed by atoms with Crippen LogP contribution in [0.15, 0.2) is 0 Å². The second-order valence-corrected chi connectivity index (χ2v) is 4.17. The highest BCUT2D eigenvalue weighted by Crippen LogP contribution is 2.07. The first-order valence-corrected chi connectivity index (χ1v) is 5.85. The van der Waals surface area contributed by atoms with Crippen LogP contribution in [0.4, 0.5) is 0 Å². The van der Waals surface area contributed by atoms with E-state index in [1.165, 1.54) is 0 Å². The average molecular weight is 213 g/mol. The molecule has 1 atom stereocenters. The maximum atomic E-state index is 11.7. The maximum absolute atomic E-state index is 11.7. The Morgan fingerprint density at radius 3 is 2.73 bits per heavy atom. The van der Waals surface area contributed by atoms with Crippen molar-refractivity contribution in [2.45, 2.75) is 26.3 Å². The molecule has 0 aromatic heterocycles. The number of likely N-dealkylation sites (N-methyl/N-ethyl adjacent to an activating group) is 2. The first-order chi connectivity index (χ1) is 7.19. The fourth-order valence-corrected chi connectivity index (χ4v) is 2.08. The number of hydrogen-bond donors (Lipinski definition) is 1. The summed E-state index contributed by atoms with van der Waals surface area (Å²) in [6.45, 7) is 8.87. The Morgan fingerprint density at radius 1 is 1.40 bits per heavy atom. The zero-order valence-electron chi connectivity index (χ0n) is 10.1. The molecular formula is C11H23N3O. The molecule has 15 heavy (non-hydrogen) atoms. The summed E-state index contributed by atoms with van der Waals surface area (Å²) in [5.74, 6) is 0.302. The van der Waals surface area contributed by atoms with Gasteiger partial charge < -0.3 is 10.2 Å². The minimum Gasteiger partial charge on any atom is -0.342 e. The van der Waals surface area contributed by atoms with Crippen LogP contribution in [0.3, 0.4) is 0 Å². The van der Waals surface area contributed by atoms with E-state index in [9.17, 15) is 4.79 Å². The zero-order valence-corrected chi connectivity index (χ0v) is 10.1. The van der Waals surface area contributed by atoms with Gasteiger partial charge in [-0.25, -0.2) is 0 Å². The van der Waals surface area contributed by atoms with Gasteiger partial charge in [0, 0.05) is 45.2 Å². The third-order valence-corrected chi connectivity index (χ3v) is 3.13. The molecule has 1 unspecified atom stereocenters. The van der Waals surface area contributed by atoms with E-state index in [4.69, 9.17) is 0 Å². The number of nitrogens with zero attached hydrogens (tertiary/aromatic N) is 2. The number of carbonyl (C=O) groups excluding carboxylic acids is 1. The van der Waals surface area contributed by atoms with Crippen molar-refractivity contribution < 1.29 is 4.79 Å². The Morgan fingerprint density at radius 2 is 2.13 bits per heavy atom. The zero-order chi connectivity index (χ0) is 11.3. The van der Waals surface area contributed by atoms with Crippen molar-refractivity contribution in [1.82, 2.24) is 15.1 Å². The van der Waals surface area contributed by atoms with Crippen LogP contribution >= 0.6 is 0 Å². The van der Waals surface area contributed by atoms with Gasteiger partial charge in [0.05, 0.1) is 0 Å². The van der Waals surface area contributed by atoms with Crippen molar-refractivity contribution in [3.05, 3.63) is 0 Å². The molecule has 1 fully saturated rings. The predicted molar refractivity (Wildman–Crippen MR) is 61.8 cm³/mol. The number of carbonyl (C=O) groups is 1. The van der Waals surface area contributed by atoms with Crippen LogP contribution in [0.25, 0.3) is 0 Å². The molecule has 0 radical (unpaired) electrons. The van der Waals surface area contributed by atoms with E-state index in [1.807, 2.05) is 18.9 Å². The third-order valence-electron chi connectivity index (χ3n) is 3.13. The van der Waals surface area contributed by atoms with Gasteiger partial charge in [-0.3, -0.25) is 9.69 Å². The van der Waals surface area contributed by atoms with Crippen LogP contribution in [-0.2, 0) is 4.79 Å². The molecule has 1 heterocycles. The Labute approximate surface area is 92.6 Å². The molecule has 1 amide bonds. The van der Waals surface area contributed by atoms with Gasteiger partial charge in [0.25, 0.3) is 0 Å². The largest absolute Gasteiger partial charge is 0.342 e. The molecule has 0 aromatic carbocycles. The molecule has 1 aliphatic heterocycles. The summed E-state index contributed by atoms with van der Waals surface area (Å²) < 4.78 is 0. The molecule has 0 aromatic rings. The SMILES string of the molecule is CCN1CCN(C(C)CNC)CCC1=O. The van der Waals surface area contributed by atoms with Gasteiger partial charge in [-0.2, -0.15) is 0 Å². The first-order valence-electron chi connectivity index (χ1n) is 5.85. The van der Waals surface area contributed by atoms with Crippen molar-refractivity contribution >= 4 is 5.91 Å². The van der Waals surface area contributed by atoms with Crippen molar-refractivity contribution in [2.24, 2.45) is 0 Å². The highest BCUT2D eigenvalue weighted by atomic mass is 16.2. The topological polar surface area (TPSA) is 35.6 Å². The molecular weight excluding hydrogens is 190 g/mol. The predicted octanol–water partition coefficient (Wildman–Crippen LogP) is 0.149. The number of nitrogens with one attached hydrogen (secondary N) is 1. The Balaban J connectivity index is 2.47. The van der Waals surface area contributed by atoms with E-state index in [0.29, 0.717) is 18.4 Å². The van der Waals surface area contributed by atoms with Crippen LogP contribution in [0, 0.1) is 0 Å². The van der Waals surface area contributed by atoms with Crippen molar-refractivity contribution in [2.75, 3.05) is 39.8 Å². The lowest BCUT2D eigenvalue weighted by atomic mass is 10.2. The number of rotatable bonds is 4. The molecule has 0 aliphatic carbocycles. The van der Waals surface area contributed by atoms with Crippen LogP contribution in [0.2, 0.25) is 0 Å². The summed E-state index contributed by atoms with van der Waals surface area (Å²) in [5, 5.41) is 3.18. The summed E-state index contributed by atoms with van der Waals surface area (Å²) in [6.07, 6.45) is 0.669. The summed E-state index contributed by atoms with van der Waals surface area (Å²) in [6, 6.07) is 0.514. The van der Waals surface area contributed by atoms with Crippen LogP contribution in [0.5, 0.6) is 0 Å². The second-order valence-electron chi connectivity index (χ2n) is 4.17. The van der Waals surface area contributed by atoms with Crippen molar-refractivity contribution in [3.63, 3.8) is 0 Å². The molecule has 1 rings (SSSR count). The van der Waals surface area contributed by atoms with Gasteiger partial charge in [-0.15, -0.1) is 0 Å². The quantitative estimate of drug-likeness (QED) is 0.722. The Kier molecular flexibility index (Phi) is 5.05. The van der Waals surface area contributed by atoms with E-state index < -0.39 is 0 Å². The summed E-state index contributed by atoms with van der Waals surface area (Å²) in [5.41, 5.74) is 0. The molecule has 88 valence electrons. The lowest BCUT2D eigenvalue weighted by Gasteiger charge is -2.27. The first kappa shape index (κ1) is 12.5. The molecule has 0 spiro atoms. The molecule has 1 saturated heterocycles. The van der Waals surface area contributed by atoms with Gasteiger partial charge in [0.15, 0.2) is 0 Å². The summed E-state index contributed by atoms with van der Waals surface area (Å²) in [7, 11) is 1.97. The molecule has 0 saturated carbocycles. The molecule has 0 bridgehead atoms. The molecule has 1 N–H and O–H groups in total. The normalized spacial score (nSPS) is 21.5. The number of hydrogen-bond acceptors (Lipinski definition) is 3. The van der Waals surface area contributed by atoms with E-state index >= 15 is 0 Å². The second kappa shape index (κ2) is 6.08. The van der Waals surface area contributed by atoms with Crippen LogP contribution in [0.1, 0.15) is 20.3 Å². The highest BCUT2D eigenvalue weighted by molar-refractivity contribution is 5.76. The van der Waals surface area contributed by atoms with Gasteiger partial charge in [-0.05, 0) is 20.9 Å². The monoisotopic (exact) mass is 213 g/mol. The standard InChI is InChI=1S/C11H23N3O/c1-4-13-7-8-14(6-5-11(13)15)10(2)9-12-3/h10,12H,4-9H2,1-3H3. The van der Waals surface area contributed by atoms with Gasteiger partial charge in [0.2, 0.25) is 5.91 Å². The summed E-state index contributed by atoms with van der Waals surface area (Å²) in [4.78, 5) is 16.0. The minimum absolute atomic E-state index is 0.302. The van der Waals surface area contributed by atoms with E-state index in [1.54, 1.807) is 0 Å². The third kappa shape index (κ3) is 3.47. The lowest BCUT2D eigenvalue weighted by molar-refractivity contribution is -0.130. The van der Waals surface area contributed by atoms with Crippen LogP contribution in [-0.4, -0.2) is 61.5 Å². The van der Waals surface area contributed by atoms with E-state index in [2.05, 4.69) is 17.1 Å². The smallest absolute Gasteiger partial charge is 0.223 e. The Hall–Kier alpha value is -0.610. The van der Waals surface area contributed by atoms with Gasteiger partial charge >= 0.3 is 0 Å². The average Bonchev–Trinajstić information content (AvgIpc) is 2.40. The molecule has 4 heteroatoms. The van der Waals surface area contributed by atoms with Crippen LogP contribution < -0.4 is 5.32 Å². The Bertz CT molecular complexity index is 208. The van der Waals surface area contributed by atoms with E-state index in [-0.39, 0.29) is 0 Å². The van der Waals surface area contributed by atoms with Crippen molar-refractivity contribution in [1.29, 1.82) is 0 Å². The van der Waals surface area contributed by atoms with Gasteiger partial charge in [0.1, 0.15) is 0 Å². The minimum atomic E-state index is 0.302. The fraction of sp³-hybridized carbons (Fsp3) is 0.909. The fourth-order valence-electron chi connectivity index (χ4n) is 2.08. The highest BCUT2D eigenvalue weighted by Gasteiger charge is 2.22. The maximum Gasteiger partial charge on any atom is 0.223 e. The van der Waals surface area contributed by atoms with E-state index in [0.717, 1.165) is 32.7 Å². The number of amides is 1. The van der Waals surface area contributed by atoms with Crippen molar-refractivity contribution in [3.8, 4) is 0 Å². The van der Waals surface area contributed by atoms with Gasteiger partial charge in [-0.1, -0.05) is 0 Å². The molecule has 4 nitrogen and oxygen atoms in total.